The molecule has 0 amide bonds. The van der Waals surface area contributed by atoms with Crippen molar-refractivity contribution in [2.45, 2.75) is 50.9 Å². The number of rotatable bonds is 6. The molecule has 1 fully saturated rings. The van der Waals surface area contributed by atoms with Gasteiger partial charge in [0.15, 0.2) is 5.96 Å². The minimum absolute atomic E-state index is 0.0505. The van der Waals surface area contributed by atoms with Gasteiger partial charge in [-0.15, -0.1) is 0 Å². The number of aliphatic imine (C=N–C) groups is 1. The van der Waals surface area contributed by atoms with Crippen LogP contribution in [0, 0.1) is 5.92 Å². The number of hydrogen-bond donors (Lipinski definition) is 3. The molecule has 1 aromatic carbocycles. The number of hydrogen-bond acceptors (Lipinski definition) is 3. The molecule has 3 unspecified atom stereocenters. The first-order chi connectivity index (χ1) is 12.8. The van der Waals surface area contributed by atoms with E-state index in [1.165, 1.54) is 0 Å². The van der Waals surface area contributed by atoms with Gasteiger partial charge in [-0.2, -0.15) is 13.2 Å². The molecule has 1 saturated carbocycles. The van der Waals surface area contributed by atoms with Crippen LogP contribution < -0.4 is 15.4 Å². The maximum absolute atomic E-state index is 13.0. The van der Waals surface area contributed by atoms with E-state index in [4.69, 9.17) is 4.74 Å². The summed E-state index contributed by atoms with van der Waals surface area (Å²) >= 11 is 0. The molecule has 5 nitrogen and oxygen atoms in total. The predicted molar refractivity (Wildman–Crippen MR) is 98.9 cm³/mol. The van der Waals surface area contributed by atoms with Crippen molar-refractivity contribution in [3.63, 3.8) is 0 Å². The molecule has 0 aliphatic heterocycles. The summed E-state index contributed by atoms with van der Waals surface area (Å²) in [4.78, 5) is 4.35. The normalized spacial score (nSPS) is 22.2. The summed E-state index contributed by atoms with van der Waals surface area (Å²) in [6.45, 7) is 2.58. The van der Waals surface area contributed by atoms with E-state index in [1.807, 2.05) is 6.92 Å². The van der Waals surface area contributed by atoms with E-state index < -0.39 is 18.2 Å². The molecule has 152 valence electrons. The monoisotopic (exact) mass is 387 g/mol. The number of methoxy groups -OCH3 is 1. The first-order valence-corrected chi connectivity index (χ1v) is 9.27. The van der Waals surface area contributed by atoms with Crippen LogP contribution in [0.5, 0.6) is 5.75 Å². The lowest BCUT2D eigenvalue weighted by molar-refractivity contribution is -0.183. The Morgan fingerprint density at radius 1 is 1.30 bits per heavy atom. The Kier molecular flexibility index (Phi) is 7.77. The topological polar surface area (TPSA) is 65.9 Å². The van der Waals surface area contributed by atoms with Crippen molar-refractivity contribution in [1.29, 1.82) is 0 Å². The molecule has 1 aromatic rings. The van der Waals surface area contributed by atoms with Gasteiger partial charge in [0.1, 0.15) is 5.75 Å². The van der Waals surface area contributed by atoms with Crippen LogP contribution in [0.1, 0.15) is 44.3 Å². The smallest absolute Gasteiger partial charge is 0.391 e. The van der Waals surface area contributed by atoms with E-state index in [0.717, 1.165) is 0 Å². The Morgan fingerprint density at radius 2 is 2.00 bits per heavy atom. The molecule has 0 bridgehead atoms. The zero-order chi connectivity index (χ0) is 19.9. The molecule has 27 heavy (non-hydrogen) atoms. The van der Waals surface area contributed by atoms with Crippen molar-refractivity contribution in [1.82, 2.24) is 10.6 Å². The summed E-state index contributed by atoms with van der Waals surface area (Å²) in [5.41, 5.74) is 0.699. The zero-order valence-electron chi connectivity index (χ0n) is 15.7. The van der Waals surface area contributed by atoms with Gasteiger partial charge < -0.3 is 20.5 Å². The average molecular weight is 387 g/mol. The number of alkyl halides is 3. The Morgan fingerprint density at radius 3 is 2.59 bits per heavy atom. The van der Waals surface area contributed by atoms with Crippen molar-refractivity contribution in [3.05, 3.63) is 29.8 Å². The SMILES string of the molecule is CCNC(=NCC(O)c1ccc(OC)cc1)NC1CCCC(C(F)(F)F)C1. The molecule has 0 spiro atoms. The highest BCUT2D eigenvalue weighted by Gasteiger charge is 2.42. The molecule has 1 aliphatic rings. The number of ether oxygens (including phenoxy) is 1. The third kappa shape index (κ3) is 6.61. The van der Waals surface area contributed by atoms with Gasteiger partial charge in [-0.05, 0) is 43.9 Å². The highest BCUT2D eigenvalue weighted by molar-refractivity contribution is 5.80. The Balaban J connectivity index is 1.96. The highest BCUT2D eigenvalue weighted by atomic mass is 19.4. The molecule has 0 heterocycles. The van der Waals surface area contributed by atoms with Crippen LogP contribution >= 0.6 is 0 Å². The van der Waals surface area contributed by atoms with E-state index in [9.17, 15) is 18.3 Å². The summed E-state index contributed by atoms with van der Waals surface area (Å²) in [5, 5.41) is 16.4. The summed E-state index contributed by atoms with van der Waals surface area (Å²) in [6, 6.07) is 6.75. The zero-order valence-corrected chi connectivity index (χ0v) is 15.7. The van der Waals surface area contributed by atoms with Gasteiger partial charge in [-0.1, -0.05) is 18.6 Å². The lowest BCUT2D eigenvalue weighted by Crippen LogP contribution is -2.47. The number of aliphatic hydroxyl groups is 1. The third-order valence-corrected chi connectivity index (χ3v) is 4.75. The van der Waals surface area contributed by atoms with Gasteiger partial charge in [0, 0.05) is 12.6 Å². The fourth-order valence-electron chi connectivity index (χ4n) is 3.24. The van der Waals surface area contributed by atoms with Gasteiger partial charge in [-0.3, -0.25) is 4.99 Å². The summed E-state index contributed by atoms with van der Waals surface area (Å²) in [6.07, 6.45) is -3.50. The first kappa shape index (κ1) is 21.3. The molecule has 0 aromatic heterocycles. The summed E-state index contributed by atoms with van der Waals surface area (Å²) in [7, 11) is 1.57. The third-order valence-electron chi connectivity index (χ3n) is 4.75. The molecule has 0 radical (unpaired) electrons. The van der Waals surface area contributed by atoms with Crippen LogP contribution in [-0.4, -0.2) is 43.5 Å². The van der Waals surface area contributed by atoms with E-state index in [1.54, 1.807) is 31.4 Å². The number of guanidine groups is 1. The minimum atomic E-state index is -4.15. The van der Waals surface area contributed by atoms with Crippen LogP contribution in [-0.2, 0) is 0 Å². The predicted octanol–water partition coefficient (Wildman–Crippen LogP) is 3.40. The second-order valence-electron chi connectivity index (χ2n) is 6.75. The van der Waals surface area contributed by atoms with E-state index in [2.05, 4.69) is 15.6 Å². The summed E-state index contributed by atoms with van der Waals surface area (Å²) in [5.74, 6) is -0.143. The molecule has 8 heteroatoms. The Hall–Kier alpha value is -1.96. The van der Waals surface area contributed by atoms with E-state index in [-0.39, 0.29) is 25.4 Å². The number of aliphatic hydroxyl groups excluding tert-OH is 1. The van der Waals surface area contributed by atoms with E-state index >= 15 is 0 Å². The number of nitrogens with one attached hydrogen (secondary N) is 2. The van der Waals surface area contributed by atoms with Crippen molar-refractivity contribution < 1.29 is 23.0 Å². The quantitative estimate of drug-likeness (QED) is 0.517. The summed E-state index contributed by atoms with van der Waals surface area (Å²) < 4.78 is 44.0. The van der Waals surface area contributed by atoms with Crippen LogP contribution in [0.3, 0.4) is 0 Å². The van der Waals surface area contributed by atoms with Crippen LogP contribution in [0.15, 0.2) is 29.3 Å². The fraction of sp³-hybridized carbons (Fsp3) is 0.632. The van der Waals surface area contributed by atoms with Crippen LogP contribution in [0.25, 0.3) is 0 Å². The van der Waals surface area contributed by atoms with Gasteiger partial charge in [0.2, 0.25) is 0 Å². The van der Waals surface area contributed by atoms with Gasteiger partial charge in [-0.25, -0.2) is 0 Å². The molecule has 1 aliphatic carbocycles. The Bertz CT molecular complexity index is 605. The van der Waals surface area contributed by atoms with Crippen molar-refractivity contribution in [2.75, 3.05) is 20.2 Å². The van der Waals surface area contributed by atoms with Gasteiger partial charge in [0.25, 0.3) is 0 Å². The van der Waals surface area contributed by atoms with Gasteiger partial charge >= 0.3 is 6.18 Å². The second kappa shape index (κ2) is 9.82. The molecule has 2 rings (SSSR count). The van der Waals surface area contributed by atoms with Crippen molar-refractivity contribution >= 4 is 5.96 Å². The second-order valence-corrected chi connectivity index (χ2v) is 6.75. The first-order valence-electron chi connectivity index (χ1n) is 9.27. The molecular weight excluding hydrogens is 359 g/mol. The molecule has 3 N–H and O–H groups in total. The average Bonchev–Trinajstić information content (AvgIpc) is 2.65. The molecule has 3 atom stereocenters. The molecule has 0 saturated heterocycles. The standard InChI is InChI=1S/C19H28F3N3O2/c1-3-23-18(25-15-6-4-5-14(11-15)19(20,21)22)24-12-17(26)13-7-9-16(27-2)10-8-13/h7-10,14-15,17,26H,3-6,11-12H2,1-2H3,(H2,23,24,25). The van der Waals surface area contributed by atoms with Gasteiger partial charge in [0.05, 0.1) is 25.7 Å². The largest absolute Gasteiger partial charge is 0.497 e. The number of nitrogens with zero attached hydrogens (tertiary/aromatic N) is 1. The number of halogens is 3. The van der Waals surface area contributed by atoms with Crippen LogP contribution in [0.4, 0.5) is 13.2 Å². The van der Waals surface area contributed by atoms with E-state index in [0.29, 0.717) is 36.7 Å². The van der Waals surface area contributed by atoms with Crippen LogP contribution in [0.2, 0.25) is 0 Å². The molecular formula is C19H28F3N3O2. The number of benzene rings is 1. The minimum Gasteiger partial charge on any atom is -0.497 e. The maximum Gasteiger partial charge on any atom is 0.391 e. The van der Waals surface area contributed by atoms with Crippen molar-refractivity contribution in [2.24, 2.45) is 10.9 Å². The fourth-order valence-corrected chi connectivity index (χ4v) is 3.24. The maximum atomic E-state index is 13.0. The Labute approximate surface area is 158 Å². The lowest BCUT2D eigenvalue weighted by Gasteiger charge is -2.32. The van der Waals surface area contributed by atoms with Crippen molar-refractivity contribution in [3.8, 4) is 5.75 Å². The highest BCUT2D eigenvalue weighted by Crippen LogP contribution is 2.37. The lowest BCUT2D eigenvalue weighted by atomic mass is 9.85.